The van der Waals surface area contributed by atoms with E-state index in [4.69, 9.17) is 4.74 Å². The standard InChI is InChI=1S/C24H26FN5O4/c1-14(2)20(29-23(32)21-22(31)28-19-6-4-3-5-18(19)27-21)24(33)30-9-7-16(8-10-30)34-17-11-15(25)12-26-13-17/h3-6,11-14,16,20H,7-10H2,1-2H3,(H,28,31)(H,29,32)/t20-/m0/s1. The Hall–Kier alpha value is -3.82. The van der Waals surface area contributed by atoms with E-state index in [1.165, 1.54) is 12.3 Å². The van der Waals surface area contributed by atoms with E-state index in [1.54, 1.807) is 29.2 Å². The Balaban J connectivity index is 1.41. The number of nitrogens with one attached hydrogen (secondary N) is 2. The van der Waals surface area contributed by atoms with E-state index in [0.29, 0.717) is 42.7 Å². The average molecular weight is 468 g/mol. The number of amides is 2. The highest BCUT2D eigenvalue weighted by Crippen LogP contribution is 2.20. The Labute approximate surface area is 195 Å². The van der Waals surface area contributed by atoms with Gasteiger partial charge >= 0.3 is 0 Å². The summed E-state index contributed by atoms with van der Waals surface area (Å²) in [6, 6.07) is 7.37. The minimum Gasteiger partial charge on any atom is -0.489 e. The predicted octanol–water partition coefficient (Wildman–Crippen LogP) is 2.28. The van der Waals surface area contributed by atoms with Crippen molar-refractivity contribution < 1.29 is 18.7 Å². The molecule has 10 heteroatoms. The number of hydrogen-bond acceptors (Lipinski definition) is 6. The largest absolute Gasteiger partial charge is 0.489 e. The first-order valence-corrected chi connectivity index (χ1v) is 11.2. The lowest BCUT2D eigenvalue weighted by Crippen LogP contribution is -2.54. The van der Waals surface area contributed by atoms with Gasteiger partial charge < -0.3 is 19.9 Å². The molecule has 4 rings (SSSR count). The van der Waals surface area contributed by atoms with Crippen molar-refractivity contribution >= 4 is 22.8 Å². The summed E-state index contributed by atoms with van der Waals surface area (Å²) >= 11 is 0. The van der Waals surface area contributed by atoms with Crippen molar-refractivity contribution in [3.8, 4) is 5.75 Å². The van der Waals surface area contributed by atoms with Crippen LogP contribution in [0.1, 0.15) is 37.2 Å². The number of benzene rings is 1. The van der Waals surface area contributed by atoms with E-state index >= 15 is 0 Å². The molecule has 34 heavy (non-hydrogen) atoms. The third-order valence-electron chi connectivity index (χ3n) is 5.77. The molecule has 3 heterocycles. The van der Waals surface area contributed by atoms with Crippen molar-refractivity contribution in [1.82, 2.24) is 25.2 Å². The topological polar surface area (TPSA) is 117 Å². The number of aromatic nitrogens is 3. The van der Waals surface area contributed by atoms with E-state index in [1.807, 2.05) is 13.8 Å². The first kappa shape index (κ1) is 23.3. The normalized spacial score (nSPS) is 15.4. The van der Waals surface area contributed by atoms with Gasteiger partial charge in [0.25, 0.3) is 11.5 Å². The number of para-hydroxylation sites is 2. The Bertz CT molecular complexity index is 1250. The average Bonchev–Trinajstić information content (AvgIpc) is 2.82. The molecular formula is C24H26FN5O4. The molecule has 0 unspecified atom stereocenters. The lowest BCUT2D eigenvalue weighted by Gasteiger charge is -2.35. The molecule has 0 radical (unpaired) electrons. The molecule has 1 fully saturated rings. The molecule has 3 aromatic rings. The number of halogens is 1. The minimum atomic E-state index is -0.815. The molecule has 2 aromatic heterocycles. The third-order valence-corrected chi connectivity index (χ3v) is 5.77. The lowest BCUT2D eigenvalue weighted by atomic mass is 10.00. The lowest BCUT2D eigenvalue weighted by molar-refractivity contribution is -0.136. The van der Waals surface area contributed by atoms with Crippen LogP contribution in [0.3, 0.4) is 0 Å². The number of piperidine rings is 1. The predicted molar refractivity (Wildman–Crippen MR) is 123 cm³/mol. The summed E-state index contributed by atoms with van der Waals surface area (Å²) in [4.78, 5) is 50.8. The van der Waals surface area contributed by atoms with Crippen LogP contribution in [0.15, 0.2) is 47.5 Å². The fourth-order valence-corrected chi connectivity index (χ4v) is 3.95. The van der Waals surface area contributed by atoms with Gasteiger partial charge in [0.05, 0.1) is 23.4 Å². The van der Waals surface area contributed by atoms with Gasteiger partial charge in [-0.3, -0.25) is 19.4 Å². The number of hydrogen-bond donors (Lipinski definition) is 2. The second-order valence-electron chi connectivity index (χ2n) is 8.61. The van der Waals surface area contributed by atoms with Crippen LogP contribution >= 0.6 is 0 Å². The number of carbonyl (C=O) groups is 2. The zero-order valence-corrected chi connectivity index (χ0v) is 19.0. The molecule has 0 spiro atoms. The quantitative estimate of drug-likeness (QED) is 0.574. The molecule has 1 aliphatic heterocycles. The number of pyridine rings is 1. The summed E-state index contributed by atoms with van der Waals surface area (Å²) in [5.41, 5.74) is 0.110. The zero-order valence-electron chi connectivity index (χ0n) is 19.0. The van der Waals surface area contributed by atoms with Crippen LogP contribution in [0.4, 0.5) is 4.39 Å². The van der Waals surface area contributed by atoms with Crippen molar-refractivity contribution in [2.75, 3.05) is 13.1 Å². The van der Waals surface area contributed by atoms with Gasteiger partial charge in [-0.1, -0.05) is 26.0 Å². The SMILES string of the molecule is CC(C)[C@H](NC(=O)c1nc2ccccc2[nH]c1=O)C(=O)N1CCC(Oc2cncc(F)c2)CC1. The van der Waals surface area contributed by atoms with Gasteiger partial charge in [-0.25, -0.2) is 9.37 Å². The van der Waals surface area contributed by atoms with E-state index in [0.717, 1.165) is 6.20 Å². The maximum Gasteiger partial charge on any atom is 0.280 e. The van der Waals surface area contributed by atoms with Gasteiger partial charge in [-0.15, -0.1) is 0 Å². The number of aromatic amines is 1. The highest BCUT2D eigenvalue weighted by molar-refractivity contribution is 5.97. The van der Waals surface area contributed by atoms with Crippen LogP contribution in [0.5, 0.6) is 5.75 Å². The van der Waals surface area contributed by atoms with Crippen molar-refractivity contribution in [2.24, 2.45) is 5.92 Å². The summed E-state index contributed by atoms with van der Waals surface area (Å²) in [6.07, 6.45) is 3.52. The van der Waals surface area contributed by atoms with E-state index in [9.17, 15) is 18.8 Å². The summed E-state index contributed by atoms with van der Waals surface area (Å²) < 4.78 is 19.1. The van der Waals surface area contributed by atoms with Gasteiger partial charge in [0.15, 0.2) is 5.69 Å². The number of fused-ring (bicyclic) bond motifs is 1. The maximum atomic E-state index is 13.3. The van der Waals surface area contributed by atoms with Crippen molar-refractivity contribution in [3.63, 3.8) is 0 Å². The molecule has 0 aliphatic carbocycles. The third kappa shape index (κ3) is 5.22. The molecule has 2 N–H and O–H groups in total. The van der Waals surface area contributed by atoms with E-state index in [2.05, 4.69) is 20.3 Å². The van der Waals surface area contributed by atoms with Crippen LogP contribution in [0.2, 0.25) is 0 Å². The summed E-state index contributed by atoms with van der Waals surface area (Å²) in [7, 11) is 0. The number of rotatable bonds is 6. The molecule has 0 saturated carbocycles. The summed E-state index contributed by atoms with van der Waals surface area (Å²) in [5, 5.41) is 2.70. The summed E-state index contributed by atoms with van der Waals surface area (Å²) in [5.74, 6) is -1.25. The zero-order chi connectivity index (χ0) is 24.2. The minimum absolute atomic E-state index is 0.167. The maximum absolute atomic E-state index is 13.3. The molecule has 1 aromatic carbocycles. The van der Waals surface area contributed by atoms with Gasteiger partial charge in [0.2, 0.25) is 5.91 Å². The number of nitrogens with zero attached hydrogens (tertiary/aromatic N) is 3. The molecule has 1 aliphatic rings. The molecule has 1 atom stereocenters. The fraction of sp³-hybridized carbons (Fsp3) is 0.375. The summed E-state index contributed by atoms with van der Waals surface area (Å²) in [6.45, 7) is 4.52. The monoisotopic (exact) mass is 467 g/mol. The molecule has 9 nitrogen and oxygen atoms in total. The van der Waals surface area contributed by atoms with Crippen LogP contribution in [-0.4, -0.2) is 56.9 Å². The first-order chi connectivity index (χ1) is 16.3. The van der Waals surface area contributed by atoms with Gasteiger partial charge in [-0.05, 0) is 18.1 Å². The smallest absolute Gasteiger partial charge is 0.280 e. The molecule has 2 amide bonds. The highest BCUT2D eigenvalue weighted by atomic mass is 19.1. The van der Waals surface area contributed by atoms with Crippen molar-refractivity contribution in [2.45, 2.75) is 38.8 Å². The molecule has 178 valence electrons. The first-order valence-electron chi connectivity index (χ1n) is 11.2. The van der Waals surface area contributed by atoms with Gasteiger partial charge in [-0.2, -0.15) is 0 Å². The van der Waals surface area contributed by atoms with Crippen LogP contribution in [-0.2, 0) is 4.79 Å². The molecule has 0 bridgehead atoms. The highest BCUT2D eigenvalue weighted by Gasteiger charge is 2.32. The second-order valence-corrected chi connectivity index (χ2v) is 8.61. The van der Waals surface area contributed by atoms with Crippen molar-refractivity contribution in [3.05, 3.63) is 64.6 Å². The van der Waals surface area contributed by atoms with E-state index in [-0.39, 0.29) is 23.6 Å². The number of likely N-dealkylation sites (tertiary alicyclic amines) is 1. The van der Waals surface area contributed by atoms with Gasteiger partial charge in [0.1, 0.15) is 23.7 Å². The Morgan fingerprint density at radius 1 is 1.21 bits per heavy atom. The molecular weight excluding hydrogens is 441 g/mol. The Morgan fingerprint density at radius 2 is 1.94 bits per heavy atom. The second kappa shape index (κ2) is 9.98. The fourth-order valence-electron chi connectivity index (χ4n) is 3.95. The van der Waals surface area contributed by atoms with Crippen molar-refractivity contribution in [1.29, 1.82) is 0 Å². The van der Waals surface area contributed by atoms with E-state index < -0.39 is 23.3 Å². The number of carbonyl (C=O) groups excluding carboxylic acids is 2. The Morgan fingerprint density at radius 3 is 2.65 bits per heavy atom. The van der Waals surface area contributed by atoms with Crippen LogP contribution in [0, 0.1) is 11.7 Å². The van der Waals surface area contributed by atoms with Crippen LogP contribution < -0.4 is 15.6 Å². The van der Waals surface area contributed by atoms with Crippen LogP contribution in [0.25, 0.3) is 11.0 Å². The number of ether oxygens (including phenoxy) is 1. The molecule has 1 saturated heterocycles. The van der Waals surface area contributed by atoms with Gasteiger partial charge in [0, 0.05) is 32.0 Å². The number of H-pyrrole nitrogens is 1. The Kier molecular flexibility index (Phi) is 6.85.